The smallest absolute Gasteiger partial charge is 0.125 e. The zero-order chi connectivity index (χ0) is 7.98. The largest absolute Gasteiger partial charge is 0.386 e. The van der Waals surface area contributed by atoms with E-state index < -0.39 is 0 Å². The Hall–Kier alpha value is -0.630. The molecule has 0 rings (SSSR count). The van der Waals surface area contributed by atoms with Crippen molar-refractivity contribution in [3.05, 3.63) is 23.0 Å². The van der Waals surface area contributed by atoms with Crippen molar-refractivity contribution in [2.75, 3.05) is 14.1 Å². The van der Waals surface area contributed by atoms with Gasteiger partial charge in [0.15, 0.2) is 0 Å². The molecule has 0 spiro atoms. The van der Waals surface area contributed by atoms with Crippen molar-refractivity contribution < 1.29 is 0 Å². The molecule has 0 aliphatic heterocycles. The average Bonchev–Trinajstić information content (AvgIpc) is 1.99. The molecule has 0 aliphatic rings. The molecular weight excluding hydrogens is 148 g/mol. The summed E-state index contributed by atoms with van der Waals surface area (Å²) in [6.45, 7) is 1.94. The van der Waals surface area contributed by atoms with Gasteiger partial charge in [0.05, 0.1) is 5.70 Å². The highest BCUT2D eigenvalue weighted by Gasteiger charge is 1.93. The predicted molar refractivity (Wildman–Crippen MR) is 45.8 cm³/mol. The summed E-state index contributed by atoms with van der Waals surface area (Å²) in [6, 6.07) is 0. The Morgan fingerprint density at radius 1 is 1.30 bits per heavy atom. The van der Waals surface area contributed by atoms with E-state index in [9.17, 15) is 0 Å². The number of hydrogen-bond donors (Lipinski definition) is 2. The Morgan fingerprint density at radius 2 is 1.90 bits per heavy atom. The van der Waals surface area contributed by atoms with Gasteiger partial charge in [0.1, 0.15) is 5.16 Å². The standard InChI is InChI=1S/C7H13ClN2/c1-4-5-6(9-2)7(8)10-3/h4-5,9-10H,1-3H3/b5-4-,7-6+. The van der Waals surface area contributed by atoms with Crippen LogP contribution in [0.15, 0.2) is 23.0 Å². The van der Waals surface area contributed by atoms with Crippen molar-refractivity contribution in [1.82, 2.24) is 10.6 Å². The maximum atomic E-state index is 5.76. The molecule has 58 valence electrons. The van der Waals surface area contributed by atoms with Crippen molar-refractivity contribution in [3.8, 4) is 0 Å². The van der Waals surface area contributed by atoms with Gasteiger partial charge in [-0.05, 0) is 13.0 Å². The summed E-state index contributed by atoms with van der Waals surface area (Å²) in [5.74, 6) is 0. The lowest BCUT2D eigenvalue weighted by atomic mass is 10.4. The molecule has 0 saturated heterocycles. The van der Waals surface area contributed by atoms with E-state index in [1.807, 2.05) is 26.1 Å². The minimum absolute atomic E-state index is 0.626. The van der Waals surface area contributed by atoms with Crippen LogP contribution in [0.25, 0.3) is 0 Å². The SMILES string of the molecule is C/C=C\C(NC)=C(\Cl)NC. The third kappa shape index (κ3) is 2.78. The van der Waals surface area contributed by atoms with E-state index in [1.54, 1.807) is 7.05 Å². The fraction of sp³-hybridized carbons (Fsp3) is 0.429. The molecule has 0 amide bonds. The maximum absolute atomic E-state index is 5.76. The topological polar surface area (TPSA) is 24.1 Å². The van der Waals surface area contributed by atoms with Gasteiger partial charge in [-0.15, -0.1) is 0 Å². The first-order valence-corrected chi connectivity index (χ1v) is 3.52. The van der Waals surface area contributed by atoms with E-state index in [4.69, 9.17) is 11.6 Å². The molecule has 0 aromatic rings. The lowest BCUT2D eigenvalue weighted by Gasteiger charge is -2.03. The minimum Gasteiger partial charge on any atom is -0.386 e. The molecule has 3 heteroatoms. The Labute approximate surface area is 67.0 Å². The van der Waals surface area contributed by atoms with E-state index in [1.165, 1.54) is 0 Å². The summed E-state index contributed by atoms with van der Waals surface area (Å²) in [6.07, 6.45) is 3.82. The number of halogens is 1. The predicted octanol–water partition coefficient (Wildman–Crippen LogP) is 1.41. The van der Waals surface area contributed by atoms with Crippen LogP contribution in [0.3, 0.4) is 0 Å². The molecule has 2 nitrogen and oxygen atoms in total. The third-order valence-corrected chi connectivity index (χ3v) is 1.45. The van der Waals surface area contributed by atoms with Crippen LogP contribution >= 0.6 is 11.6 Å². The van der Waals surface area contributed by atoms with E-state index in [-0.39, 0.29) is 0 Å². The van der Waals surface area contributed by atoms with E-state index in [2.05, 4.69) is 10.6 Å². The van der Waals surface area contributed by atoms with E-state index >= 15 is 0 Å². The second-order valence-corrected chi connectivity index (χ2v) is 2.11. The Balaban J connectivity index is 4.29. The molecule has 0 fully saturated rings. The average molecular weight is 161 g/mol. The fourth-order valence-electron chi connectivity index (χ4n) is 0.568. The monoisotopic (exact) mass is 160 g/mol. The zero-order valence-electron chi connectivity index (χ0n) is 6.53. The van der Waals surface area contributed by atoms with Crippen LogP contribution in [-0.2, 0) is 0 Å². The van der Waals surface area contributed by atoms with Gasteiger partial charge >= 0.3 is 0 Å². The summed E-state index contributed by atoms with van der Waals surface area (Å²) < 4.78 is 0. The number of rotatable bonds is 3. The van der Waals surface area contributed by atoms with E-state index in [0.717, 1.165) is 5.70 Å². The lowest BCUT2D eigenvalue weighted by molar-refractivity contribution is 0.958. The number of likely N-dealkylation sites (N-methyl/N-ethyl adjacent to an activating group) is 1. The van der Waals surface area contributed by atoms with Crippen molar-refractivity contribution in [3.63, 3.8) is 0 Å². The van der Waals surface area contributed by atoms with Crippen LogP contribution in [0.5, 0.6) is 0 Å². The van der Waals surface area contributed by atoms with Crippen LogP contribution in [0, 0.1) is 0 Å². The molecule has 0 radical (unpaired) electrons. The number of hydrogen-bond acceptors (Lipinski definition) is 2. The van der Waals surface area contributed by atoms with Gasteiger partial charge < -0.3 is 10.6 Å². The highest BCUT2D eigenvalue weighted by molar-refractivity contribution is 6.29. The summed E-state index contributed by atoms with van der Waals surface area (Å²) >= 11 is 5.76. The normalized spacial score (nSPS) is 13.2. The highest BCUT2D eigenvalue weighted by Crippen LogP contribution is 2.02. The molecule has 2 N–H and O–H groups in total. The van der Waals surface area contributed by atoms with Crippen LogP contribution in [0.1, 0.15) is 6.92 Å². The van der Waals surface area contributed by atoms with Crippen LogP contribution in [-0.4, -0.2) is 14.1 Å². The summed E-state index contributed by atoms with van der Waals surface area (Å²) in [4.78, 5) is 0. The summed E-state index contributed by atoms with van der Waals surface area (Å²) in [5.41, 5.74) is 0.895. The van der Waals surface area contributed by atoms with Crippen LogP contribution < -0.4 is 10.6 Å². The molecule has 0 atom stereocenters. The Bertz CT molecular complexity index is 150. The van der Waals surface area contributed by atoms with Crippen molar-refractivity contribution in [1.29, 1.82) is 0 Å². The first kappa shape index (κ1) is 9.37. The first-order valence-electron chi connectivity index (χ1n) is 3.14. The summed E-state index contributed by atoms with van der Waals surface area (Å²) in [5, 5.41) is 6.41. The molecule has 10 heavy (non-hydrogen) atoms. The van der Waals surface area contributed by atoms with E-state index in [0.29, 0.717) is 5.16 Å². The van der Waals surface area contributed by atoms with Gasteiger partial charge in [0.25, 0.3) is 0 Å². The Morgan fingerprint density at radius 3 is 2.20 bits per heavy atom. The summed E-state index contributed by atoms with van der Waals surface area (Å²) in [7, 11) is 3.61. The lowest BCUT2D eigenvalue weighted by Crippen LogP contribution is -2.12. The van der Waals surface area contributed by atoms with Crippen LogP contribution in [0.4, 0.5) is 0 Å². The van der Waals surface area contributed by atoms with Gasteiger partial charge in [0.2, 0.25) is 0 Å². The Kier molecular flexibility index (Phi) is 4.85. The molecule has 0 heterocycles. The van der Waals surface area contributed by atoms with Gasteiger partial charge in [-0.1, -0.05) is 17.7 Å². The third-order valence-electron chi connectivity index (χ3n) is 1.06. The second kappa shape index (κ2) is 5.18. The fourth-order valence-corrected chi connectivity index (χ4v) is 0.725. The zero-order valence-corrected chi connectivity index (χ0v) is 7.29. The molecule has 0 aromatic carbocycles. The number of allylic oxidation sites excluding steroid dienone is 2. The highest BCUT2D eigenvalue weighted by atomic mass is 35.5. The first-order chi connectivity index (χ1) is 4.76. The van der Waals surface area contributed by atoms with Gasteiger partial charge in [-0.2, -0.15) is 0 Å². The van der Waals surface area contributed by atoms with Crippen molar-refractivity contribution in [2.45, 2.75) is 6.92 Å². The molecule has 0 aliphatic carbocycles. The molecule has 0 bridgehead atoms. The van der Waals surface area contributed by atoms with Gasteiger partial charge in [-0.3, -0.25) is 0 Å². The molecule has 0 unspecified atom stereocenters. The van der Waals surface area contributed by atoms with Gasteiger partial charge in [0, 0.05) is 14.1 Å². The van der Waals surface area contributed by atoms with Crippen LogP contribution in [0.2, 0.25) is 0 Å². The van der Waals surface area contributed by atoms with Crippen molar-refractivity contribution in [2.24, 2.45) is 0 Å². The maximum Gasteiger partial charge on any atom is 0.125 e. The molecule has 0 aromatic heterocycles. The van der Waals surface area contributed by atoms with Crippen molar-refractivity contribution >= 4 is 11.6 Å². The minimum atomic E-state index is 0.626. The molecular formula is C7H13ClN2. The quantitative estimate of drug-likeness (QED) is 0.482. The van der Waals surface area contributed by atoms with Gasteiger partial charge in [-0.25, -0.2) is 0 Å². The number of nitrogens with one attached hydrogen (secondary N) is 2. The second-order valence-electron chi connectivity index (χ2n) is 1.73. The molecule has 0 saturated carbocycles.